The SMILES string of the molecule is Cc1ccc(CN(C)C(=O)CCc2ccccc2Cl)o1. The van der Waals surface area contributed by atoms with Crippen molar-refractivity contribution in [3.8, 4) is 0 Å². The van der Waals surface area contributed by atoms with E-state index in [1.165, 1.54) is 0 Å². The number of benzene rings is 1. The van der Waals surface area contributed by atoms with E-state index in [1.807, 2.05) is 43.3 Å². The third kappa shape index (κ3) is 3.87. The molecule has 0 fully saturated rings. The van der Waals surface area contributed by atoms with Crippen LogP contribution in [0.5, 0.6) is 0 Å². The van der Waals surface area contributed by atoms with Crippen molar-refractivity contribution in [1.29, 1.82) is 0 Å². The van der Waals surface area contributed by atoms with Gasteiger partial charge >= 0.3 is 0 Å². The monoisotopic (exact) mass is 291 g/mol. The van der Waals surface area contributed by atoms with Crippen molar-refractivity contribution in [3.05, 3.63) is 58.5 Å². The second-order valence-electron chi connectivity index (χ2n) is 4.85. The zero-order valence-electron chi connectivity index (χ0n) is 11.7. The van der Waals surface area contributed by atoms with Gasteiger partial charge in [-0.25, -0.2) is 0 Å². The lowest BCUT2D eigenvalue weighted by Crippen LogP contribution is -2.26. The zero-order chi connectivity index (χ0) is 14.5. The summed E-state index contributed by atoms with van der Waals surface area (Å²) in [6.07, 6.45) is 1.10. The van der Waals surface area contributed by atoms with E-state index in [9.17, 15) is 4.79 Å². The van der Waals surface area contributed by atoms with Crippen LogP contribution in [0.15, 0.2) is 40.8 Å². The first-order valence-corrected chi connectivity index (χ1v) is 6.97. The molecule has 1 aromatic carbocycles. The molecule has 0 atom stereocenters. The summed E-state index contributed by atoms with van der Waals surface area (Å²) >= 11 is 6.08. The quantitative estimate of drug-likeness (QED) is 0.839. The Labute approximate surface area is 124 Å². The number of aryl methyl sites for hydroxylation is 2. The van der Waals surface area contributed by atoms with Crippen LogP contribution in [0.1, 0.15) is 23.5 Å². The molecule has 0 aliphatic carbocycles. The molecule has 1 aromatic heterocycles. The predicted octanol–water partition coefficient (Wildman–Crippen LogP) is 3.83. The highest BCUT2D eigenvalue weighted by molar-refractivity contribution is 6.31. The molecule has 0 spiro atoms. The Hall–Kier alpha value is -1.74. The summed E-state index contributed by atoms with van der Waals surface area (Å²) in [6.45, 7) is 2.39. The number of nitrogens with zero attached hydrogens (tertiary/aromatic N) is 1. The van der Waals surface area contributed by atoms with Gasteiger partial charge in [0.05, 0.1) is 6.54 Å². The van der Waals surface area contributed by atoms with Crippen LogP contribution in [-0.4, -0.2) is 17.9 Å². The first kappa shape index (κ1) is 14.7. The molecule has 0 unspecified atom stereocenters. The summed E-state index contributed by atoms with van der Waals surface area (Å²) in [5.41, 5.74) is 1.00. The molecule has 4 heteroatoms. The van der Waals surface area contributed by atoms with Gasteiger partial charge in [0, 0.05) is 18.5 Å². The summed E-state index contributed by atoms with van der Waals surface area (Å²) in [5.74, 6) is 1.74. The number of halogens is 1. The molecule has 1 heterocycles. The lowest BCUT2D eigenvalue weighted by Gasteiger charge is -2.15. The van der Waals surface area contributed by atoms with Gasteiger partial charge in [-0.1, -0.05) is 29.8 Å². The Bertz CT molecular complexity index is 592. The summed E-state index contributed by atoms with van der Waals surface area (Å²) in [5, 5.41) is 0.713. The van der Waals surface area contributed by atoms with E-state index < -0.39 is 0 Å². The van der Waals surface area contributed by atoms with E-state index in [4.69, 9.17) is 16.0 Å². The fourth-order valence-electron chi connectivity index (χ4n) is 2.03. The van der Waals surface area contributed by atoms with E-state index >= 15 is 0 Å². The third-order valence-corrected chi connectivity index (χ3v) is 3.55. The highest BCUT2D eigenvalue weighted by atomic mass is 35.5. The van der Waals surface area contributed by atoms with E-state index in [0.29, 0.717) is 24.4 Å². The molecule has 0 saturated carbocycles. The Balaban J connectivity index is 1.87. The number of carbonyl (C=O) groups excluding carboxylic acids is 1. The maximum absolute atomic E-state index is 12.1. The fourth-order valence-corrected chi connectivity index (χ4v) is 2.26. The maximum atomic E-state index is 12.1. The van der Waals surface area contributed by atoms with Crippen molar-refractivity contribution in [2.45, 2.75) is 26.3 Å². The minimum Gasteiger partial charge on any atom is -0.464 e. The smallest absolute Gasteiger partial charge is 0.223 e. The normalized spacial score (nSPS) is 10.6. The molecule has 106 valence electrons. The lowest BCUT2D eigenvalue weighted by molar-refractivity contribution is -0.130. The largest absolute Gasteiger partial charge is 0.464 e. The van der Waals surface area contributed by atoms with Crippen LogP contribution < -0.4 is 0 Å². The van der Waals surface area contributed by atoms with Gasteiger partial charge in [0.1, 0.15) is 11.5 Å². The molecule has 2 aromatic rings. The Morgan fingerprint density at radius 1 is 1.25 bits per heavy atom. The number of amides is 1. The molecule has 2 rings (SSSR count). The predicted molar refractivity (Wildman–Crippen MR) is 79.7 cm³/mol. The van der Waals surface area contributed by atoms with Gasteiger partial charge in [0.2, 0.25) is 5.91 Å². The van der Waals surface area contributed by atoms with Gasteiger partial charge in [0.25, 0.3) is 0 Å². The van der Waals surface area contributed by atoms with Crippen molar-refractivity contribution in [2.24, 2.45) is 0 Å². The number of carbonyl (C=O) groups is 1. The highest BCUT2D eigenvalue weighted by Gasteiger charge is 2.12. The van der Waals surface area contributed by atoms with Crippen molar-refractivity contribution >= 4 is 17.5 Å². The summed E-state index contributed by atoms with van der Waals surface area (Å²) in [4.78, 5) is 13.8. The molecule has 0 saturated heterocycles. The summed E-state index contributed by atoms with van der Waals surface area (Å²) in [6, 6.07) is 11.4. The number of hydrogen-bond acceptors (Lipinski definition) is 2. The average Bonchev–Trinajstić information content (AvgIpc) is 2.82. The van der Waals surface area contributed by atoms with Crippen LogP contribution in [0.25, 0.3) is 0 Å². The molecule has 0 aliphatic rings. The molecule has 20 heavy (non-hydrogen) atoms. The van der Waals surface area contributed by atoms with Gasteiger partial charge in [-0.15, -0.1) is 0 Å². The molecule has 1 amide bonds. The molecular formula is C16H18ClNO2. The minimum absolute atomic E-state index is 0.0824. The fraction of sp³-hybridized carbons (Fsp3) is 0.312. The third-order valence-electron chi connectivity index (χ3n) is 3.18. The van der Waals surface area contributed by atoms with Crippen molar-refractivity contribution < 1.29 is 9.21 Å². The van der Waals surface area contributed by atoms with Crippen LogP contribution in [0.2, 0.25) is 5.02 Å². The number of hydrogen-bond donors (Lipinski definition) is 0. The van der Waals surface area contributed by atoms with Crippen molar-refractivity contribution in [3.63, 3.8) is 0 Å². The Morgan fingerprint density at radius 2 is 2.00 bits per heavy atom. The standard InChI is InChI=1S/C16H18ClNO2/c1-12-7-9-14(20-12)11-18(2)16(19)10-8-13-5-3-4-6-15(13)17/h3-7,9H,8,10-11H2,1-2H3. The van der Waals surface area contributed by atoms with Crippen LogP contribution in [-0.2, 0) is 17.8 Å². The van der Waals surface area contributed by atoms with E-state index in [2.05, 4.69) is 0 Å². The highest BCUT2D eigenvalue weighted by Crippen LogP contribution is 2.17. The van der Waals surface area contributed by atoms with Crippen LogP contribution in [0, 0.1) is 6.92 Å². The van der Waals surface area contributed by atoms with Gasteiger partial charge in [-0.05, 0) is 37.1 Å². The van der Waals surface area contributed by atoms with Gasteiger partial charge in [-0.2, -0.15) is 0 Å². The average molecular weight is 292 g/mol. The topological polar surface area (TPSA) is 33.5 Å². The molecule has 0 aliphatic heterocycles. The first-order valence-electron chi connectivity index (χ1n) is 6.59. The minimum atomic E-state index is 0.0824. The second kappa shape index (κ2) is 6.62. The van der Waals surface area contributed by atoms with E-state index in [1.54, 1.807) is 11.9 Å². The van der Waals surface area contributed by atoms with E-state index in [0.717, 1.165) is 17.1 Å². The van der Waals surface area contributed by atoms with Gasteiger partial charge < -0.3 is 9.32 Å². The molecule has 0 bridgehead atoms. The van der Waals surface area contributed by atoms with Crippen molar-refractivity contribution in [1.82, 2.24) is 4.90 Å². The second-order valence-corrected chi connectivity index (χ2v) is 5.26. The molecule has 3 nitrogen and oxygen atoms in total. The number of rotatable bonds is 5. The van der Waals surface area contributed by atoms with Crippen molar-refractivity contribution in [2.75, 3.05) is 7.05 Å². The Morgan fingerprint density at radius 3 is 2.65 bits per heavy atom. The molecule has 0 N–H and O–H groups in total. The van der Waals surface area contributed by atoms with Crippen LogP contribution in [0.4, 0.5) is 0 Å². The van der Waals surface area contributed by atoms with Crippen LogP contribution >= 0.6 is 11.6 Å². The first-order chi connectivity index (χ1) is 9.56. The molecule has 0 radical (unpaired) electrons. The maximum Gasteiger partial charge on any atom is 0.223 e. The van der Waals surface area contributed by atoms with Gasteiger partial charge in [-0.3, -0.25) is 4.79 Å². The lowest BCUT2D eigenvalue weighted by atomic mass is 10.1. The summed E-state index contributed by atoms with van der Waals surface area (Å²) in [7, 11) is 1.78. The van der Waals surface area contributed by atoms with Gasteiger partial charge in [0.15, 0.2) is 0 Å². The molecular weight excluding hydrogens is 274 g/mol. The summed E-state index contributed by atoms with van der Waals surface area (Å²) < 4.78 is 5.47. The Kier molecular flexibility index (Phi) is 4.85. The van der Waals surface area contributed by atoms with E-state index in [-0.39, 0.29) is 5.91 Å². The van der Waals surface area contributed by atoms with Crippen LogP contribution in [0.3, 0.4) is 0 Å². The zero-order valence-corrected chi connectivity index (χ0v) is 12.5. The number of furan rings is 1.